The van der Waals surface area contributed by atoms with E-state index in [1.54, 1.807) is 0 Å². The van der Waals surface area contributed by atoms with Crippen LogP contribution in [0.4, 0.5) is 4.39 Å². The standard InChI is InChI=1S/C17H21FN2O2.C2H6/c18-16(6-8-17(9-7-16)21-10-11-22-17)15(12-19)20-13-14-4-2-1-3-5-14;1-2/h1-5,15,20H,6-11,13H2;1-2H3. The first kappa shape index (κ1) is 18.9. The summed E-state index contributed by atoms with van der Waals surface area (Å²) in [5.41, 5.74) is -0.481. The summed E-state index contributed by atoms with van der Waals surface area (Å²) in [5.74, 6) is -0.602. The van der Waals surface area contributed by atoms with Gasteiger partial charge in [0.1, 0.15) is 11.7 Å². The Bertz CT molecular complexity index is 528. The minimum atomic E-state index is -1.52. The number of alkyl halides is 1. The lowest BCUT2D eigenvalue weighted by atomic mass is 9.78. The summed E-state index contributed by atoms with van der Waals surface area (Å²) in [4.78, 5) is 0. The van der Waals surface area contributed by atoms with Crippen molar-refractivity contribution in [3.8, 4) is 6.07 Å². The van der Waals surface area contributed by atoms with Gasteiger partial charge in [0.2, 0.25) is 0 Å². The molecule has 3 rings (SSSR count). The largest absolute Gasteiger partial charge is 0.348 e. The monoisotopic (exact) mass is 334 g/mol. The van der Waals surface area contributed by atoms with Gasteiger partial charge in [-0.2, -0.15) is 5.26 Å². The lowest BCUT2D eigenvalue weighted by Crippen LogP contribution is -2.52. The Balaban J connectivity index is 0.00000100. The molecular formula is C19H27FN2O2. The Morgan fingerprint density at radius 1 is 1.12 bits per heavy atom. The van der Waals surface area contributed by atoms with Crippen LogP contribution >= 0.6 is 0 Å². The van der Waals surface area contributed by atoms with Gasteiger partial charge in [-0.1, -0.05) is 44.2 Å². The van der Waals surface area contributed by atoms with Crippen molar-refractivity contribution < 1.29 is 13.9 Å². The highest BCUT2D eigenvalue weighted by Gasteiger charge is 2.50. The Labute approximate surface area is 144 Å². The summed E-state index contributed by atoms with van der Waals surface area (Å²) in [6.07, 6.45) is 1.59. The first-order valence-corrected chi connectivity index (χ1v) is 8.80. The van der Waals surface area contributed by atoms with Crippen LogP contribution in [-0.2, 0) is 16.0 Å². The summed E-state index contributed by atoms with van der Waals surface area (Å²) in [7, 11) is 0. The maximum atomic E-state index is 15.2. The number of ether oxygens (including phenoxy) is 2. The zero-order valence-electron chi connectivity index (χ0n) is 14.6. The molecule has 1 atom stereocenters. The van der Waals surface area contributed by atoms with E-state index in [-0.39, 0.29) is 12.8 Å². The van der Waals surface area contributed by atoms with Crippen LogP contribution in [0.3, 0.4) is 0 Å². The minimum Gasteiger partial charge on any atom is -0.348 e. The second kappa shape index (κ2) is 8.57. The van der Waals surface area contributed by atoms with Crippen molar-refractivity contribution in [3.05, 3.63) is 35.9 Å². The molecule has 132 valence electrons. The first-order valence-electron chi connectivity index (χ1n) is 8.80. The summed E-state index contributed by atoms with van der Waals surface area (Å²) in [5, 5.41) is 12.4. The highest BCUT2D eigenvalue weighted by Crippen LogP contribution is 2.43. The second-order valence-electron chi connectivity index (χ2n) is 6.07. The molecule has 0 radical (unpaired) electrons. The lowest BCUT2D eigenvalue weighted by molar-refractivity contribution is -0.194. The van der Waals surface area contributed by atoms with Crippen LogP contribution in [0.5, 0.6) is 0 Å². The Kier molecular flexibility index (Phi) is 6.73. The Hall–Kier alpha value is -1.48. The molecule has 1 aliphatic heterocycles. The molecule has 1 aromatic rings. The van der Waals surface area contributed by atoms with Crippen LogP contribution < -0.4 is 5.32 Å². The average molecular weight is 334 g/mol. The number of benzene rings is 1. The molecule has 1 spiro atoms. The molecule has 0 aromatic heterocycles. The third-order valence-electron chi connectivity index (χ3n) is 4.66. The van der Waals surface area contributed by atoms with E-state index in [9.17, 15) is 5.26 Å². The molecule has 1 aromatic carbocycles. The number of nitrogens with zero attached hydrogens (tertiary/aromatic N) is 1. The first-order chi connectivity index (χ1) is 11.7. The fraction of sp³-hybridized carbons (Fsp3) is 0.632. The smallest absolute Gasteiger partial charge is 0.168 e. The van der Waals surface area contributed by atoms with Gasteiger partial charge in [0, 0.05) is 19.4 Å². The number of nitriles is 1. The number of hydrogen-bond acceptors (Lipinski definition) is 4. The summed E-state index contributed by atoms with van der Waals surface area (Å²) >= 11 is 0. The molecule has 1 aliphatic carbocycles. The van der Waals surface area contributed by atoms with Gasteiger partial charge in [-0.05, 0) is 18.4 Å². The lowest BCUT2D eigenvalue weighted by Gasteiger charge is -2.41. The van der Waals surface area contributed by atoms with Crippen molar-refractivity contribution in [1.82, 2.24) is 5.32 Å². The molecule has 1 saturated carbocycles. The zero-order chi connectivity index (χ0) is 17.5. The Morgan fingerprint density at radius 3 is 2.25 bits per heavy atom. The average Bonchev–Trinajstić information content (AvgIpc) is 3.10. The third kappa shape index (κ3) is 4.32. The predicted octanol–water partition coefficient (Wildman–Crippen LogP) is 3.72. The molecule has 0 bridgehead atoms. The van der Waals surface area contributed by atoms with Gasteiger partial charge in [-0.3, -0.25) is 5.32 Å². The van der Waals surface area contributed by atoms with Crippen molar-refractivity contribution in [2.75, 3.05) is 13.2 Å². The normalized spacial score (nSPS) is 22.2. The number of halogens is 1. The maximum absolute atomic E-state index is 15.2. The molecule has 1 unspecified atom stereocenters. The van der Waals surface area contributed by atoms with Gasteiger partial charge < -0.3 is 9.47 Å². The van der Waals surface area contributed by atoms with E-state index in [0.717, 1.165) is 5.56 Å². The summed E-state index contributed by atoms with van der Waals surface area (Å²) in [6, 6.07) is 11.0. The predicted molar refractivity (Wildman–Crippen MR) is 91.0 cm³/mol. The molecular weight excluding hydrogens is 307 g/mol. The van der Waals surface area contributed by atoms with Gasteiger partial charge >= 0.3 is 0 Å². The molecule has 1 saturated heterocycles. The molecule has 24 heavy (non-hydrogen) atoms. The van der Waals surface area contributed by atoms with Crippen LogP contribution in [0.15, 0.2) is 30.3 Å². The molecule has 2 fully saturated rings. The third-order valence-corrected chi connectivity index (χ3v) is 4.66. The zero-order valence-corrected chi connectivity index (χ0v) is 14.6. The highest BCUT2D eigenvalue weighted by molar-refractivity contribution is 5.16. The van der Waals surface area contributed by atoms with Crippen molar-refractivity contribution in [2.24, 2.45) is 0 Å². The van der Waals surface area contributed by atoms with Gasteiger partial charge in [0.05, 0.1) is 19.3 Å². The van der Waals surface area contributed by atoms with Crippen LogP contribution in [0.25, 0.3) is 0 Å². The van der Waals surface area contributed by atoms with Crippen molar-refractivity contribution in [2.45, 2.75) is 63.6 Å². The van der Waals surface area contributed by atoms with Gasteiger partial charge in [-0.15, -0.1) is 0 Å². The number of nitrogens with one attached hydrogen (secondary N) is 1. The van der Waals surface area contributed by atoms with E-state index in [4.69, 9.17) is 9.47 Å². The van der Waals surface area contributed by atoms with E-state index in [1.807, 2.05) is 44.2 Å². The fourth-order valence-corrected chi connectivity index (χ4v) is 3.28. The van der Waals surface area contributed by atoms with Gasteiger partial charge in [0.15, 0.2) is 5.79 Å². The van der Waals surface area contributed by atoms with Crippen LogP contribution in [0, 0.1) is 11.3 Å². The van der Waals surface area contributed by atoms with Crippen LogP contribution in [-0.4, -0.2) is 30.7 Å². The van der Waals surface area contributed by atoms with E-state index in [0.29, 0.717) is 32.6 Å². The van der Waals surface area contributed by atoms with Crippen LogP contribution in [0.2, 0.25) is 0 Å². The van der Waals surface area contributed by atoms with E-state index >= 15 is 4.39 Å². The highest BCUT2D eigenvalue weighted by atomic mass is 19.1. The maximum Gasteiger partial charge on any atom is 0.168 e. The molecule has 0 amide bonds. The number of rotatable bonds is 4. The minimum absolute atomic E-state index is 0.285. The summed E-state index contributed by atoms with van der Waals surface area (Å²) < 4.78 is 26.4. The molecule has 1 heterocycles. The SMILES string of the molecule is CC.N#CC(NCc1ccccc1)C1(F)CCC2(CC1)OCCO2. The van der Waals surface area contributed by atoms with E-state index in [1.165, 1.54) is 0 Å². The molecule has 2 aliphatic rings. The van der Waals surface area contributed by atoms with Gasteiger partial charge in [-0.25, -0.2) is 4.39 Å². The quantitative estimate of drug-likeness (QED) is 0.912. The molecule has 1 N–H and O–H groups in total. The second-order valence-corrected chi connectivity index (χ2v) is 6.07. The topological polar surface area (TPSA) is 54.3 Å². The van der Waals surface area contributed by atoms with Crippen molar-refractivity contribution >= 4 is 0 Å². The van der Waals surface area contributed by atoms with Crippen molar-refractivity contribution in [1.29, 1.82) is 5.26 Å². The van der Waals surface area contributed by atoms with E-state index < -0.39 is 17.5 Å². The Morgan fingerprint density at radius 2 is 1.71 bits per heavy atom. The van der Waals surface area contributed by atoms with Crippen LogP contribution in [0.1, 0.15) is 45.1 Å². The molecule has 5 heteroatoms. The molecule has 4 nitrogen and oxygen atoms in total. The van der Waals surface area contributed by atoms with Gasteiger partial charge in [0.25, 0.3) is 0 Å². The van der Waals surface area contributed by atoms with Crippen molar-refractivity contribution in [3.63, 3.8) is 0 Å². The fourth-order valence-electron chi connectivity index (χ4n) is 3.28. The summed E-state index contributed by atoms with van der Waals surface area (Å²) in [6.45, 7) is 5.64. The van der Waals surface area contributed by atoms with E-state index in [2.05, 4.69) is 11.4 Å². The number of hydrogen-bond donors (Lipinski definition) is 1.